The Balaban J connectivity index is 1.59. The first-order valence-corrected chi connectivity index (χ1v) is 8.45. The number of nitrogens with one attached hydrogen (secondary N) is 1. The molecule has 1 aliphatic heterocycles. The van der Waals surface area contributed by atoms with Gasteiger partial charge in [0.15, 0.2) is 0 Å². The number of hydrogen-bond donors (Lipinski definition) is 1. The fraction of sp³-hybridized carbons (Fsp3) is 0.611. The van der Waals surface area contributed by atoms with Crippen LogP contribution in [0, 0.1) is 5.92 Å². The van der Waals surface area contributed by atoms with Crippen molar-refractivity contribution in [1.82, 2.24) is 10.2 Å². The molecule has 112 valence electrons. The number of amides is 1. The van der Waals surface area contributed by atoms with Gasteiger partial charge < -0.3 is 10.2 Å². The van der Waals surface area contributed by atoms with Crippen LogP contribution < -0.4 is 5.32 Å². The molecule has 0 bridgehead atoms. The molecule has 0 spiro atoms. The zero-order valence-electron chi connectivity index (χ0n) is 12.6. The van der Waals surface area contributed by atoms with Crippen LogP contribution in [0.4, 0.5) is 0 Å². The van der Waals surface area contributed by atoms with Gasteiger partial charge in [0.05, 0.1) is 12.0 Å². The van der Waals surface area contributed by atoms with E-state index in [0.29, 0.717) is 18.0 Å². The van der Waals surface area contributed by atoms with Crippen LogP contribution >= 0.6 is 0 Å². The van der Waals surface area contributed by atoms with E-state index in [2.05, 4.69) is 34.5 Å². The number of aryl methyl sites for hydroxylation is 1. The normalized spacial score (nSPS) is 28.2. The van der Waals surface area contributed by atoms with Gasteiger partial charge >= 0.3 is 0 Å². The van der Waals surface area contributed by atoms with E-state index in [9.17, 15) is 4.79 Å². The number of rotatable bonds is 3. The number of nitrogens with zero attached hydrogens (tertiary/aromatic N) is 1. The summed E-state index contributed by atoms with van der Waals surface area (Å²) >= 11 is 0. The van der Waals surface area contributed by atoms with Crippen LogP contribution in [0.25, 0.3) is 0 Å². The topological polar surface area (TPSA) is 32.3 Å². The second-order valence-corrected chi connectivity index (χ2v) is 6.77. The summed E-state index contributed by atoms with van der Waals surface area (Å²) in [5.74, 6) is 0.610. The lowest BCUT2D eigenvalue weighted by molar-refractivity contribution is -0.139. The summed E-state index contributed by atoms with van der Waals surface area (Å²) in [6.07, 6.45) is 6.83. The fourth-order valence-corrected chi connectivity index (χ4v) is 4.04. The van der Waals surface area contributed by atoms with E-state index in [4.69, 9.17) is 0 Å². The second-order valence-electron chi connectivity index (χ2n) is 6.77. The summed E-state index contributed by atoms with van der Waals surface area (Å²) in [6.45, 7) is 1.94. The lowest BCUT2D eigenvalue weighted by atomic mass is 9.96. The maximum atomic E-state index is 13.1. The molecule has 1 saturated carbocycles. The Labute approximate surface area is 126 Å². The maximum absolute atomic E-state index is 13.1. The molecular formula is C18H24N2O. The van der Waals surface area contributed by atoms with E-state index < -0.39 is 0 Å². The molecule has 1 aromatic rings. The largest absolute Gasteiger partial charge is 0.332 e. The molecule has 1 aromatic carbocycles. The van der Waals surface area contributed by atoms with Crippen LogP contribution in [0.3, 0.4) is 0 Å². The van der Waals surface area contributed by atoms with E-state index in [1.54, 1.807) is 0 Å². The predicted molar refractivity (Wildman–Crippen MR) is 83.0 cm³/mol. The van der Waals surface area contributed by atoms with Crippen molar-refractivity contribution in [2.24, 2.45) is 5.92 Å². The summed E-state index contributed by atoms with van der Waals surface area (Å²) < 4.78 is 0. The molecule has 2 atom stereocenters. The van der Waals surface area contributed by atoms with Gasteiger partial charge in [-0.15, -0.1) is 0 Å². The number of benzene rings is 1. The predicted octanol–water partition coefficient (Wildman–Crippen LogP) is 2.66. The van der Waals surface area contributed by atoms with Gasteiger partial charge in [0.25, 0.3) is 0 Å². The monoisotopic (exact) mass is 284 g/mol. The molecule has 21 heavy (non-hydrogen) atoms. The minimum absolute atomic E-state index is 0.201. The third-order valence-corrected chi connectivity index (χ3v) is 5.28. The molecule has 2 unspecified atom stereocenters. The van der Waals surface area contributed by atoms with Crippen molar-refractivity contribution in [3.8, 4) is 0 Å². The molecule has 1 amide bonds. The Morgan fingerprint density at radius 1 is 1.14 bits per heavy atom. The first kappa shape index (κ1) is 13.3. The SMILES string of the molecule is O=C(C1CCCNC1)N(C1CC1)C1CCc2ccccc21. The standard InChI is InChI=1S/C18H24N2O/c21-18(14-5-3-11-19-12-14)20(15-8-9-15)17-10-7-13-4-1-2-6-16(13)17/h1-2,4,6,14-15,17,19H,3,5,7-12H2. The maximum Gasteiger partial charge on any atom is 0.227 e. The summed E-state index contributed by atoms with van der Waals surface area (Å²) in [6, 6.07) is 9.55. The van der Waals surface area contributed by atoms with Gasteiger partial charge in [0.2, 0.25) is 5.91 Å². The van der Waals surface area contributed by atoms with Gasteiger partial charge in [-0.05, 0) is 56.2 Å². The lowest BCUT2D eigenvalue weighted by Gasteiger charge is -2.34. The van der Waals surface area contributed by atoms with Gasteiger partial charge in [-0.25, -0.2) is 0 Å². The molecule has 1 heterocycles. The highest BCUT2D eigenvalue weighted by atomic mass is 16.2. The smallest absolute Gasteiger partial charge is 0.227 e. The molecule has 2 fully saturated rings. The van der Waals surface area contributed by atoms with Crippen molar-refractivity contribution in [2.75, 3.05) is 13.1 Å². The number of piperidine rings is 1. The van der Waals surface area contributed by atoms with Crippen molar-refractivity contribution in [3.05, 3.63) is 35.4 Å². The van der Waals surface area contributed by atoms with Crippen molar-refractivity contribution in [3.63, 3.8) is 0 Å². The van der Waals surface area contributed by atoms with Crippen molar-refractivity contribution in [1.29, 1.82) is 0 Å². The molecule has 4 rings (SSSR count). The van der Waals surface area contributed by atoms with Crippen LogP contribution in [0.15, 0.2) is 24.3 Å². The van der Waals surface area contributed by atoms with E-state index in [0.717, 1.165) is 38.8 Å². The molecule has 3 heteroatoms. The Morgan fingerprint density at radius 3 is 2.76 bits per heavy atom. The Bertz CT molecular complexity index is 532. The van der Waals surface area contributed by atoms with Crippen LogP contribution in [-0.4, -0.2) is 29.9 Å². The molecule has 0 radical (unpaired) electrons. The highest BCUT2D eigenvalue weighted by molar-refractivity contribution is 5.80. The fourth-order valence-electron chi connectivity index (χ4n) is 4.04. The minimum atomic E-state index is 0.201. The first-order valence-electron chi connectivity index (χ1n) is 8.45. The Morgan fingerprint density at radius 2 is 2.00 bits per heavy atom. The van der Waals surface area contributed by atoms with Gasteiger partial charge in [-0.2, -0.15) is 0 Å². The summed E-state index contributed by atoms with van der Waals surface area (Å²) in [4.78, 5) is 15.3. The molecule has 1 N–H and O–H groups in total. The summed E-state index contributed by atoms with van der Waals surface area (Å²) in [5.41, 5.74) is 2.85. The summed E-state index contributed by atoms with van der Waals surface area (Å²) in [7, 11) is 0. The highest BCUT2D eigenvalue weighted by Crippen LogP contribution is 2.42. The zero-order chi connectivity index (χ0) is 14.2. The molecule has 0 aromatic heterocycles. The number of carbonyl (C=O) groups excluding carboxylic acids is 1. The molecule has 3 nitrogen and oxygen atoms in total. The van der Waals surface area contributed by atoms with Crippen molar-refractivity contribution in [2.45, 2.75) is 50.6 Å². The highest BCUT2D eigenvalue weighted by Gasteiger charge is 2.42. The van der Waals surface area contributed by atoms with Crippen molar-refractivity contribution >= 4 is 5.91 Å². The summed E-state index contributed by atoms with van der Waals surface area (Å²) in [5, 5.41) is 3.39. The van der Waals surface area contributed by atoms with Gasteiger partial charge in [-0.1, -0.05) is 24.3 Å². The minimum Gasteiger partial charge on any atom is -0.332 e. The van der Waals surface area contributed by atoms with Gasteiger partial charge in [0.1, 0.15) is 0 Å². The number of hydrogen-bond acceptors (Lipinski definition) is 2. The van der Waals surface area contributed by atoms with Crippen LogP contribution in [0.1, 0.15) is 49.3 Å². The second kappa shape index (κ2) is 5.45. The zero-order valence-corrected chi connectivity index (χ0v) is 12.6. The van der Waals surface area contributed by atoms with E-state index in [1.165, 1.54) is 24.0 Å². The molecule has 2 aliphatic carbocycles. The van der Waals surface area contributed by atoms with Crippen LogP contribution in [-0.2, 0) is 11.2 Å². The van der Waals surface area contributed by atoms with Crippen LogP contribution in [0.5, 0.6) is 0 Å². The van der Waals surface area contributed by atoms with E-state index in [1.807, 2.05) is 0 Å². The Hall–Kier alpha value is -1.35. The molecule has 3 aliphatic rings. The third kappa shape index (κ3) is 2.48. The van der Waals surface area contributed by atoms with E-state index >= 15 is 0 Å². The van der Waals surface area contributed by atoms with Crippen molar-refractivity contribution < 1.29 is 4.79 Å². The average Bonchev–Trinajstić information content (AvgIpc) is 3.29. The van der Waals surface area contributed by atoms with Gasteiger partial charge in [-0.3, -0.25) is 4.79 Å². The number of carbonyl (C=O) groups is 1. The molecule has 1 saturated heterocycles. The quantitative estimate of drug-likeness (QED) is 0.925. The first-order chi connectivity index (χ1) is 10.3. The third-order valence-electron chi connectivity index (χ3n) is 5.28. The van der Waals surface area contributed by atoms with E-state index in [-0.39, 0.29) is 5.92 Å². The number of fused-ring (bicyclic) bond motifs is 1. The lowest BCUT2D eigenvalue weighted by Crippen LogP contribution is -2.45. The molecular weight excluding hydrogens is 260 g/mol. The van der Waals surface area contributed by atoms with Crippen LogP contribution in [0.2, 0.25) is 0 Å². The van der Waals surface area contributed by atoms with Gasteiger partial charge in [0, 0.05) is 12.6 Å². The average molecular weight is 284 g/mol. The Kier molecular flexibility index (Phi) is 3.46.